The van der Waals surface area contributed by atoms with Crippen molar-refractivity contribution in [1.29, 1.82) is 0 Å². The summed E-state index contributed by atoms with van der Waals surface area (Å²) < 4.78 is 4.54. The molecule has 5 heteroatoms. The molecule has 1 heterocycles. The first-order valence-electron chi connectivity index (χ1n) is 4.47. The van der Waals surface area contributed by atoms with Crippen molar-refractivity contribution in [3.05, 3.63) is 18.0 Å². The predicted molar refractivity (Wildman–Crippen MR) is 49.7 cm³/mol. The van der Waals surface area contributed by atoms with E-state index in [4.69, 9.17) is 5.11 Å². The van der Waals surface area contributed by atoms with Gasteiger partial charge in [-0.15, -0.1) is 0 Å². The molecule has 0 aliphatic carbocycles. The molecule has 0 unspecified atom stereocenters. The van der Waals surface area contributed by atoms with Gasteiger partial charge in [-0.05, 0) is 5.92 Å². The third kappa shape index (κ3) is 2.56. The maximum absolute atomic E-state index is 11.4. The molecule has 0 aliphatic rings. The van der Waals surface area contributed by atoms with Crippen LogP contribution in [0.25, 0.3) is 0 Å². The van der Waals surface area contributed by atoms with E-state index in [0.29, 0.717) is 0 Å². The van der Waals surface area contributed by atoms with E-state index in [9.17, 15) is 4.79 Å². The number of hydrogen-bond acceptors (Lipinski definition) is 4. The summed E-state index contributed by atoms with van der Waals surface area (Å²) in [5, 5.41) is 15.1. The van der Waals surface area contributed by atoms with Crippen molar-refractivity contribution in [2.45, 2.75) is 19.9 Å². The molecular formula is C9H14N2O3. The Morgan fingerprint density at radius 2 is 2.43 bits per heavy atom. The van der Waals surface area contributed by atoms with Crippen molar-refractivity contribution in [3.63, 3.8) is 0 Å². The van der Waals surface area contributed by atoms with Gasteiger partial charge in [0, 0.05) is 6.07 Å². The molecule has 0 aliphatic heterocycles. The van der Waals surface area contributed by atoms with E-state index >= 15 is 0 Å². The standard InChI is InChI=1S/C9H14N2O3/c1-6(2)8(5-12)10-9(13)7-3-4-14-11-7/h3-4,6,8,12H,5H2,1-2H3,(H,10,13)/t8-/m1/s1. The van der Waals surface area contributed by atoms with E-state index in [1.165, 1.54) is 12.3 Å². The Morgan fingerprint density at radius 1 is 1.71 bits per heavy atom. The molecule has 1 aromatic rings. The summed E-state index contributed by atoms with van der Waals surface area (Å²) in [5.74, 6) is -0.151. The molecule has 5 nitrogen and oxygen atoms in total. The smallest absolute Gasteiger partial charge is 0.273 e. The van der Waals surface area contributed by atoms with Gasteiger partial charge in [0.25, 0.3) is 5.91 Å². The van der Waals surface area contributed by atoms with Crippen molar-refractivity contribution in [2.75, 3.05) is 6.61 Å². The number of aliphatic hydroxyl groups is 1. The van der Waals surface area contributed by atoms with Gasteiger partial charge in [0.15, 0.2) is 5.69 Å². The van der Waals surface area contributed by atoms with E-state index < -0.39 is 0 Å². The van der Waals surface area contributed by atoms with Crippen molar-refractivity contribution in [2.24, 2.45) is 5.92 Å². The molecule has 0 saturated carbocycles. The van der Waals surface area contributed by atoms with Gasteiger partial charge in [0.2, 0.25) is 0 Å². The molecule has 0 spiro atoms. The fraction of sp³-hybridized carbons (Fsp3) is 0.556. The van der Waals surface area contributed by atoms with Crippen LogP contribution in [-0.4, -0.2) is 28.8 Å². The summed E-state index contributed by atoms with van der Waals surface area (Å²) in [5.41, 5.74) is 0.226. The van der Waals surface area contributed by atoms with Crippen molar-refractivity contribution in [1.82, 2.24) is 10.5 Å². The number of aromatic nitrogens is 1. The van der Waals surface area contributed by atoms with Crippen molar-refractivity contribution < 1.29 is 14.4 Å². The highest BCUT2D eigenvalue weighted by molar-refractivity contribution is 5.92. The topological polar surface area (TPSA) is 75.4 Å². The average Bonchev–Trinajstić information content (AvgIpc) is 2.65. The van der Waals surface area contributed by atoms with Crippen LogP contribution in [0, 0.1) is 5.92 Å². The molecule has 1 rings (SSSR count). The number of carbonyl (C=O) groups excluding carboxylic acids is 1. The Kier molecular flexibility index (Phi) is 3.64. The predicted octanol–water partition coefficient (Wildman–Crippen LogP) is 0.421. The van der Waals surface area contributed by atoms with E-state index in [-0.39, 0.29) is 30.2 Å². The van der Waals surface area contributed by atoms with Crippen molar-refractivity contribution >= 4 is 5.91 Å². The second kappa shape index (κ2) is 4.76. The lowest BCUT2D eigenvalue weighted by Crippen LogP contribution is -2.41. The first kappa shape index (κ1) is 10.7. The third-order valence-electron chi connectivity index (χ3n) is 1.99. The lowest BCUT2D eigenvalue weighted by atomic mass is 10.1. The highest BCUT2D eigenvalue weighted by atomic mass is 16.5. The van der Waals surface area contributed by atoms with Gasteiger partial charge in [-0.3, -0.25) is 4.79 Å². The van der Waals surface area contributed by atoms with E-state index in [1.54, 1.807) is 0 Å². The summed E-state index contributed by atoms with van der Waals surface area (Å²) in [6.45, 7) is 3.76. The minimum Gasteiger partial charge on any atom is -0.394 e. The highest BCUT2D eigenvalue weighted by Crippen LogP contribution is 2.02. The van der Waals surface area contributed by atoms with Crippen molar-refractivity contribution in [3.8, 4) is 0 Å². The molecule has 78 valence electrons. The minimum absolute atomic E-state index is 0.0821. The zero-order chi connectivity index (χ0) is 10.6. The van der Waals surface area contributed by atoms with E-state index in [1.807, 2.05) is 13.8 Å². The van der Waals surface area contributed by atoms with Crippen LogP contribution in [0.2, 0.25) is 0 Å². The van der Waals surface area contributed by atoms with Gasteiger partial charge >= 0.3 is 0 Å². The summed E-state index contributed by atoms with van der Waals surface area (Å²) in [4.78, 5) is 11.4. The van der Waals surface area contributed by atoms with Crippen LogP contribution < -0.4 is 5.32 Å². The van der Waals surface area contributed by atoms with Crippen LogP contribution >= 0.6 is 0 Å². The van der Waals surface area contributed by atoms with Gasteiger partial charge in [-0.25, -0.2) is 0 Å². The molecule has 1 atom stereocenters. The molecule has 2 N–H and O–H groups in total. The molecule has 0 fully saturated rings. The highest BCUT2D eigenvalue weighted by Gasteiger charge is 2.17. The van der Waals surface area contributed by atoms with Crippen LogP contribution in [0.15, 0.2) is 16.9 Å². The summed E-state index contributed by atoms with van der Waals surface area (Å²) in [6.07, 6.45) is 1.33. The van der Waals surface area contributed by atoms with E-state index in [2.05, 4.69) is 15.0 Å². The number of rotatable bonds is 4. The first-order chi connectivity index (χ1) is 6.65. The molecule has 1 amide bonds. The molecule has 0 aromatic carbocycles. The Bertz CT molecular complexity index is 282. The van der Waals surface area contributed by atoms with Gasteiger partial charge in [-0.1, -0.05) is 19.0 Å². The normalized spacial score (nSPS) is 12.9. The Balaban J connectivity index is 2.56. The van der Waals surface area contributed by atoms with Crippen LogP contribution in [0.1, 0.15) is 24.3 Å². The van der Waals surface area contributed by atoms with Crippen LogP contribution in [0.4, 0.5) is 0 Å². The van der Waals surface area contributed by atoms with Gasteiger partial charge in [0.05, 0.1) is 12.6 Å². The first-order valence-corrected chi connectivity index (χ1v) is 4.47. The molecule has 0 saturated heterocycles. The summed E-state index contributed by atoms with van der Waals surface area (Å²) in [6, 6.07) is 1.23. The minimum atomic E-state index is -0.327. The Hall–Kier alpha value is -1.36. The Morgan fingerprint density at radius 3 is 2.86 bits per heavy atom. The quantitative estimate of drug-likeness (QED) is 0.735. The molecule has 1 aromatic heterocycles. The van der Waals surface area contributed by atoms with E-state index in [0.717, 1.165) is 0 Å². The maximum Gasteiger partial charge on any atom is 0.273 e. The van der Waals surface area contributed by atoms with Gasteiger partial charge < -0.3 is 14.9 Å². The maximum atomic E-state index is 11.4. The number of hydrogen-bond donors (Lipinski definition) is 2. The molecule has 14 heavy (non-hydrogen) atoms. The third-order valence-corrected chi connectivity index (χ3v) is 1.99. The molecule has 0 bridgehead atoms. The second-order valence-corrected chi connectivity index (χ2v) is 3.39. The zero-order valence-electron chi connectivity index (χ0n) is 8.23. The van der Waals surface area contributed by atoms with Gasteiger partial charge in [-0.2, -0.15) is 0 Å². The Labute approximate surface area is 82.1 Å². The lowest BCUT2D eigenvalue weighted by molar-refractivity contribution is 0.0887. The molecular weight excluding hydrogens is 184 g/mol. The largest absolute Gasteiger partial charge is 0.394 e. The van der Waals surface area contributed by atoms with Gasteiger partial charge in [0.1, 0.15) is 6.26 Å². The second-order valence-electron chi connectivity index (χ2n) is 3.39. The monoisotopic (exact) mass is 198 g/mol. The SMILES string of the molecule is CC(C)[C@@H](CO)NC(=O)c1ccon1. The van der Waals surface area contributed by atoms with Crippen LogP contribution in [-0.2, 0) is 0 Å². The fourth-order valence-electron chi connectivity index (χ4n) is 0.995. The number of carbonyl (C=O) groups is 1. The zero-order valence-corrected chi connectivity index (χ0v) is 8.23. The summed E-state index contributed by atoms with van der Waals surface area (Å²) in [7, 11) is 0. The fourth-order valence-corrected chi connectivity index (χ4v) is 0.995. The van der Waals surface area contributed by atoms with Crippen LogP contribution in [0.3, 0.4) is 0 Å². The van der Waals surface area contributed by atoms with Crippen LogP contribution in [0.5, 0.6) is 0 Å². The number of aliphatic hydroxyl groups excluding tert-OH is 1. The number of nitrogens with zero attached hydrogens (tertiary/aromatic N) is 1. The molecule has 0 radical (unpaired) electrons. The number of amides is 1. The lowest BCUT2D eigenvalue weighted by Gasteiger charge is -2.18. The average molecular weight is 198 g/mol. The number of nitrogens with one attached hydrogen (secondary N) is 1. The summed E-state index contributed by atoms with van der Waals surface area (Å²) >= 11 is 0.